The lowest BCUT2D eigenvalue weighted by molar-refractivity contribution is 0.0694. The Bertz CT molecular complexity index is 695. The first-order valence-corrected chi connectivity index (χ1v) is 6.85. The number of halogens is 1. The molecule has 5 heteroatoms. The van der Waals surface area contributed by atoms with E-state index < -0.39 is 11.8 Å². The minimum atomic E-state index is -1.09. The average Bonchev–Trinajstić information content (AvgIpc) is 2.43. The van der Waals surface area contributed by atoms with Crippen LogP contribution in [-0.4, -0.2) is 17.2 Å². The first-order valence-electron chi connectivity index (χ1n) is 6.85. The predicted molar refractivity (Wildman–Crippen MR) is 80.4 cm³/mol. The zero-order valence-electron chi connectivity index (χ0n) is 12.6. The third-order valence-electron chi connectivity index (χ3n) is 2.99. The monoisotopic (exact) mass is 304 g/mol. The third kappa shape index (κ3) is 3.55. The maximum absolute atomic E-state index is 13.7. The fourth-order valence-corrected chi connectivity index (χ4v) is 1.97. The van der Waals surface area contributed by atoms with Gasteiger partial charge in [0.1, 0.15) is 11.5 Å². The molecule has 22 heavy (non-hydrogen) atoms. The van der Waals surface area contributed by atoms with E-state index in [0.29, 0.717) is 11.3 Å². The van der Waals surface area contributed by atoms with Crippen molar-refractivity contribution in [3.05, 3.63) is 53.3 Å². The molecule has 0 atom stereocenters. The van der Waals surface area contributed by atoms with Crippen molar-refractivity contribution in [3.63, 3.8) is 0 Å². The quantitative estimate of drug-likeness (QED) is 0.889. The molecule has 0 fully saturated rings. The summed E-state index contributed by atoms with van der Waals surface area (Å²) in [5.74, 6) is -0.973. The molecule has 0 aromatic heterocycles. The molecule has 1 N–H and O–H groups in total. The summed E-state index contributed by atoms with van der Waals surface area (Å²) in [5, 5.41) is 9.28. The highest BCUT2D eigenvalue weighted by Crippen LogP contribution is 2.32. The standard InChI is InChI=1S/C17H17FO4/c1-10(2)21-16-9-12(8-13(11(16)3)17(19)20)22-15-7-5-4-6-14(15)18/h4-10H,1-3H3,(H,19,20). The lowest BCUT2D eigenvalue weighted by Gasteiger charge is -2.16. The van der Waals surface area contributed by atoms with Crippen LogP contribution in [0, 0.1) is 12.7 Å². The predicted octanol–water partition coefficient (Wildman–Crippen LogP) is 4.41. The van der Waals surface area contributed by atoms with Gasteiger partial charge in [-0.05, 0) is 39.0 Å². The summed E-state index contributed by atoms with van der Waals surface area (Å²) in [6, 6.07) is 8.85. The molecule has 0 saturated heterocycles. The average molecular weight is 304 g/mol. The Morgan fingerprint density at radius 2 is 1.86 bits per heavy atom. The second kappa shape index (κ2) is 6.47. The number of rotatable bonds is 5. The summed E-state index contributed by atoms with van der Waals surface area (Å²) in [5.41, 5.74) is 0.562. The van der Waals surface area contributed by atoms with Crippen LogP contribution in [0.4, 0.5) is 4.39 Å². The molecule has 0 unspecified atom stereocenters. The van der Waals surface area contributed by atoms with Gasteiger partial charge in [-0.25, -0.2) is 9.18 Å². The second-order valence-electron chi connectivity index (χ2n) is 5.10. The van der Waals surface area contributed by atoms with Crippen LogP contribution in [-0.2, 0) is 0 Å². The van der Waals surface area contributed by atoms with Crippen molar-refractivity contribution < 1.29 is 23.8 Å². The SMILES string of the molecule is Cc1c(OC(C)C)cc(Oc2ccccc2F)cc1C(=O)O. The van der Waals surface area contributed by atoms with Crippen LogP contribution in [0.2, 0.25) is 0 Å². The van der Waals surface area contributed by atoms with Gasteiger partial charge in [0.25, 0.3) is 0 Å². The fourth-order valence-electron chi connectivity index (χ4n) is 1.97. The van der Waals surface area contributed by atoms with Crippen LogP contribution in [0.15, 0.2) is 36.4 Å². The van der Waals surface area contributed by atoms with Crippen molar-refractivity contribution in [1.82, 2.24) is 0 Å². The highest BCUT2D eigenvalue weighted by molar-refractivity contribution is 5.90. The van der Waals surface area contributed by atoms with Gasteiger partial charge in [0, 0.05) is 11.6 Å². The molecule has 0 aliphatic heterocycles. The maximum atomic E-state index is 13.7. The molecule has 116 valence electrons. The Labute approximate surface area is 128 Å². The number of aromatic carboxylic acids is 1. The molecule has 0 saturated carbocycles. The van der Waals surface area contributed by atoms with Crippen molar-refractivity contribution in [2.75, 3.05) is 0 Å². The second-order valence-corrected chi connectivity index (χ2v) is 5.10. The maximum Gasteiger partial charge on any atom is 0.336 e. The fraction of sp³-hybridized carbons (Fsp3) is 0.235. The van der Waals surface area contributed by atoms with E-state index in [1.54, 1.807) is 25.1 Å². The van der Waals surface area contributed by atoms with Crippen LogP contribution < -0.4 is 9.47 Å². The van der Waals surface area contributed by atoms with Crippen LogP contribution in [0.3, 0.4) is 0 Å². The minimum absolute atomic E-state index is 0.0261. The topological polar surface area (TPSA) is 55.8 Å². The van der Waals surface area contributed by atoms with Gasteiger partial charge in [-0.15, -0.1) is 0 Å². The number of carbonyl (C=O) groups is 1. The third-order valence-corrected chi connectivity index (χ3v) is 2.99. The van der Waals surface area contributed by atoms with Gasteiger partial charge >= 0.3 is 5.97 Å². The highest BCUT2D eigenvalue weighted by Gasteiger charge is 2.16. The number of carboxylic acid groups (broad SMARTS) is 1. The van der Waals surface area contributed by atoms with Crippen molar-refractivity contribution >= 4 is 5.97 Å². The van der Waals surface area contributed by atoms with E-state index in [2.05, 4.69) is 0 Å². The number of para-hydroxylation sites is 1. The molecule has 4 nitrogen and oxygen atoms in total. The van der Waals surface area contributed by atoms with Gasteiger partial charge in [0.15, 0.2) is 11.6 Å². The summed E-state index contributed by atoms with van der Waals surface area (Å²) in [4.78, 5) is 11.3. The van der Waals surface area contributed by atoms with Gasteiger partial charge in [-0.3, -0.25) is 0 Å². The number of carboxylic acids is 1. The van der Waals surface area contributed by atoms with Crippen molar-refractivity contribution in [3.8, 4) is 17.2 Å². The molecule has 0 aliphatic rings. The Morgan fingerprint density at radius 1 is 1.18 bits per heavy atom. The molecule has 0 amide bonds. The molecule has 0 radical (unpaired) electrons. The lowest BCUT2D eigenvalue weighted by atomic mass is 10.1. The van der Waals surface area contributed by atoms with Gasteiger partial charge in [-0.1, -0.05) is 12.1 Å². The van der Waals surface area contributed by atoms with E-state index >= 15 is 0 Å². The number of hydrogen-bond donors (Lipinski definition) is 1. The Hall–Kier alpha value is -2.56. The smallest absolute Gasteiger partial charge is 0.336 e. The van der Waals surface area contributed by atoms with E-state index in [0.717, 1.165) is 0 Å². The first-order chi connectivity index (χ1) is 10.4. The number of ether oxygens (including phenoxy) is 2. The van der Waals surface area contributed by atoms with E-state index in [-0.39, 0.29) is 23.2 Å². The lowest BCUT2D eigenvalue weighted by Crippen LogP contribution is -2.09. The first kappa shape index (κ1) is 15.8. The molecule has 0 aliphatic carbocycles. The van der Waals surface area contributed by atoms with Gasteiger partial charge in [0.05, 0.1) is 11.7 Å². The van der Waals surface area contributed by atoms with Gasteiger partial charge in [-0.2, -0.15) is 0 Å². The molecule has 2 aromatic carbocycles. The number of hydrogen-bond acceptors (Lipinski definition) is 3. The molecular formula is C17H17FO4. The zero-order chi connectivity index (χ0) is 16.3. The van der Waals surface area contributed by atoms with Gasteiger partial charge in [0.2, 0.25) is 0 Å². The van der Waals surface area contributed by atoms with Crippen LogP contribution >= 0.6 is 0 Å². The molecule has 0 bridgehead atoms. The summed E-state index contributed by atoms with van der Waals surface area (Å²) in [6.07, 6.45) is -0.121. The van der Waals surface area contributed by atoms with Crippen molar-refractivity contribution in [1.29, 1.82) is 0 Å². The van der Waals surface area contributed by atoms with Crippen molar-refractivity contribution in [2.24, 2.45) is 0 Å². The normalized spacial score (nSPS) is 10.6. The van der Waals surface area contributed by atoms with E-state index in [9.17, 15) is 14.3 Å². The highest BCUT2D eigenvalue weighted by atomic mass is 19.1. The summed E-state index contributed by atoms with van der Waals surface area (Å²) < 4.78 is 24.7. The summed E-state index contributed by atoms with van der Waals surface area (Å²) >= 11 is 0. The molecule has 0 heterocycles. The van der Waals surface area contributed by atoms with Crippen molar-refractivity contribution in [2.45, 2.75) is 26.9 Å². The van der Waals surface area contributed by atoms with Crippen LogP contribution in [0.5, 0.6) is 17.2 Å². The number of benzene rings is 2. The van der Waals surface area contributed by atoms with Crippen LogP contribution in [0.25, 0.3) is 0 Å². The van der Waals surface area contributed by atoms with E-state index in [1.165, 1.54) is 18.2 Å². The Kier molecular flexibility index (Phi) is 4.65. The van der Waals surface area contributed by atoms with E-state index in [4.69, 9.17) is 9.47 Å². The zero-order valence-corrected chi connectivity index (χ0v) is 12.6. The van der Waals surface area contributed by atoms with Gasteiger partial charge < -0.3 is 14.6 Å². The Morgan fingerprint density at radius 3 is 2.45 bits per heavy atom. The molecule has 2 aromatic rings. The van der Waals surface area contributed by atoms with Crippen LogP contribution in [0.1, 0.15) is 29.8 Å². The summed E-state index contributed by atoms with van der Waals surface area (Å²) in [6.45, 7) is 5.34. The molecule has 2 rings (SSSR count). The summed E-state index contributed by atoms with van der Waals surface area (Å²) in [7, 11) is 0. The molecular weight excluding hydrogens is 287 g/mol. The molecule has 0 spiro atoms. The Balaban J connectivity index is 2.45. The minimum Gasteiger partial charge on any atom is -0.491 e. The largest absolute Gasteiger partial charge is 0.491 e. The van der Waals surface area contributed by atoms with E-state index in [1.807, 2.05) is 13.8 Å².